The van der Waals surface area contributed by atoms with E-state index in [9.17, 15) is 29.1 Å². The summed E-state index contributed by atoms with van der Waals surface area (Å²) in [4.78, 5) is 65.3. The maximum atomic E-state index is 13.3. The first-order chi connectivity index (χ1) is 19.2. The Morgan fingerprint density at radius 1 is 0.950 bits per heavy atom. The maximum Gasteiger partial charge on any atom is 0.408 e. The number of esters is 1. The van der Waals surface area contributed by atoms with Crippen LogP contribution < -0.4 is 10.6 Å². The first kappa shape index (κ1) is 30.6. The van der Waals surface area contributed by atoms with E-state index in [-0.39, 0.29) is 24.7 Å². The Morgan fingerprint density at radius 2 is 1.57 bits per heavy atom. The molecule has 0 aliphatic carbocycles. The van der Waals surface area contributed by atoms with E-state index in [1.807, 2.05) is 6.07 Å². The topological polar surface area (TPSA) is 151 Å². The molecule has 2 aromatic rings. The van der Waals surface area contributed by atoms with Gasteiger partial charge in [-0.15, -0.1) is 11.8 Å². The smallest absolute Gasteiger partial charge is 0.408 e. The zero-order chi connectivity index (χ0) is 29.1. The molecule has 0 unspecified atom stereocenters. The van der Waals surface area contributed by atoms with Gasteiger partial charge in [0.15, 0.2) is 0 Å². The number of nitrogens with zero attached hydrogens (tertiary/aromatic N) is 1. The van der Waals surface area contributed by atoms with Crippen LogP contribution in [0.15, 0.2) is 60.7 Å². The summed E-state index contributed by atoms with van der Waals surface area (Å²) in [6.45, 7) is 2.47. The number of ether oxygens (including phenoxy) is 2. The van der Waals surface area contributed by atoms with Gasteiger partial charge in [0, 0.05) is 12.2 Å². The third kappa shape index (κ3) is 8.82. The van der Waals surface area contributed by atoms with Crippen LogP contribution in [0.5, 0.6) is 0 Å². The molecule has 1 heterocycles. The van der Waals surface area contributed by atoms with E-state index < -0.39 is 60.5 Å². The lowest BCUT2D eigenvalue weighted by atomic mass is 10.0. The van der Waals surface area contributed by atoms with E-state index in [2.05, 4.69) is 10.6 Å². The highest BCUT2D eigenvalue weighted by Gasteiger charge is 2.40. The average Bonchev–Trinajstić information content (AvgIpc) is 3.45. The largest absolute Gasteiger partial charge is 0.457 e. The Hall–Kier alpha value is -3.90. The first-order valence-electron chi connectivity index (χ1n) is 12.7. The normalized spacial score (nSPS) is 16.1. The average molecular weight is 572 g/mol. The van der Waals surface area contributed by atoms with Crippen molar-refractivity contribution in [3.05, 3.63) is 71.8 Å². The van der Waals surface area contributed by atoms with Crippen molar-refractivity contribution >= 4 is 41.4 Å². The minimum absolute atomic E-state index is 0.0281. The molecule has 3 atom stereocenters. The monoisotopic (exact) mass is 571 g/mol. The van der Waals surface area contributed by atoms with E-state index in [0.717, 1.165) is 5.56 Å². The van der Waals surface area contributed by atoms with E-state index in [0.29, 0.717) is 5.56 Å². The summed E-state index contributed by atoms with van der Waals surface area (Å²) < 4.78 is 10.2. The van der Waals surface area contributed by atoms with Gasteiger partial charge in [-0.2, -0.15) is 0 Å². The Kier molecular flexibility index (Phi) is 11.5. The Balaban J connectivity index is 1.66. The molecule has 1 saturated heterocycles. The Bertz CT molecular complexity index is 1180. The molecule has 2 aromatic carbocycles. The van der Waals surface area contributed by atoms with Gasteiger partial charge in [0.2, 0.25) is 11.8 Å². The van der Waals surface area contributed by atoms with E-state index in [1.165, 1.54) is 16.7 Å². The van der Waals surface area contributed by atoms with Crippen LogP contribution in [0.1, 0.15) is 25.0 Å². The highest BCUT2D eigenvalue weighted by molar-refractivity contribution is 7.99. The molecule has 0 radical (unpaired) electrons. The molecule has 3 N–H and O–H groups in total. The van der Waals surface area contributed by atoms with Crippen LogP contribution in [0.2, 0.25) is 0 Å². The molecule has 1 aliphatic heterocycles. The number of nitrogens with one attached hydrogen (secondary N) is 2. The summed E-state index contributed by atoms with van der Waals surface area (Å²) >= 11 is 1.30. The van der Waals surface area contributed by atoms with Crippen molar-refractivity contribution < 1.29 is 38.6 Å². The van der Waals surface area contributed by atoms with E-state index in [1.54, 1.807) is 68.4 Å². The van der Waals surface area contributed by atoms with Crippen LogP contribution in [-0.2, 0) is 41.7 Å². The summed E-state index contributed by atoms with van der Waals surface area (Å²) in [7, 11) is 0. The standard InChI is InChI=1S/C28H33N3O8S/c1-18(2)39-27(36)24(33)21(13-19-9-5-3-6-10-19)29-25(34)23-16-40-17-31(23)26(35)22(14-32)30-28(37)38-15-20-11-7-4-8-12-20/h3-12,18,21-23,32H,13-17H2,1-2H3,(H,29,34)(H,30,37)/t21-,22-,23-/m0/s1. The highest BCUT2D eigenvalue weighted by atomic mass is 32.2. The van der Waals surface area contributed by atoms with Crippen LogP contribution in [0.4, 0.5) is 4.79 Å². The number of rotatable bonds is 12. The van der Waals surface area contributed by atoms with Gasteiger partial charge in [0.05, 0.1) is 18.6 Å². The zero-order valence-corrected chi connectivity index (χ0v) is 23.1. The van der Waals surface area contributed by atoms with Crippen LogP contribution in [0, 0.1) is 0 Å². The van der Waals surface area contributed by atoms with Crippen molar-refractivity contribution in [3.8, 4) is 0 Å². The van der Waals surface area contributed by atoms with Crippen molar-refractivity contribution in [1.29, 1.82) is 0 Å². The number of ketones is 1. The number of benzene rings is 2. The minimum atomic E-state index is -1.35. The number of hydrogen-bond acceptors (Lipinski definition) is 9. The Morgan fingerprint density at radius 3 is 2.17 bits per heavy atom. The van der Waals surface area contributed by atoms with Crippen molar-refractivity contribution in [2.45, 2.75) is 51.1 Å². The minimum Gasteiger partial charge on any atom is -0.457 e. The van der Waals surface area contributed by atoms with Crippen molar-refractivity contribution in [3.63, 3.8) is 0 Å². The predicted octanol–water partition coefficient (Wildman–Crippen LogP) is 1.42. The highest BCUT2D eigenvalue weighted by Crippen LogP contribution is 2.22. The molecule has 3 rings (SSSR count). The summed E-state index contributed by atoms with van der Waals surface area (Å²) in [6, 6.07) is 14.2. The van der Waals surface area contributed by atoms with Crippen LogP contribution in [0.25, 0.3) is 0 Å². The van der Waals surface area contributed by atoms with Gasteiger partial charge in [0.1, 0.15) is 24.7 Å². The molecule has 3 amide bonds. The lowest BCUT2D eigenvalue weighted by Gasteiger charge is -2.28. The fourth-order valence-electron chi connectivity index (χ4n) is 3.91. The number of alkyl carbamates (subject to hydrolysis) is 1. The molecule has 0 saturated carbocycles. The molecule has 1 aliphatic rings. The zero-order valence-electron chi connectivity index (χ0n) is 22.3. The fraction of sp³-hybridized carbons (Fsp3) is 0.393. The van der Waals surface area contributed by atoms with Crippen LogP contribution >= 0.6 is 11.8 Å². The summed E-state index contributed by atoms with van der Waals surface area (Å²) in [5.74, 6) is -2.96. The summed E-state index contributed by atoms with van der Waals surface area (Å²) in [6.07, 6.45) is -1.38. The number of aliphatic hydroxyl groups excluding tert-OH is 1. The second-order valence-corrected chi connectivity index (χ2v) is 10.3. The second kappa shape index (κ2) is 15.0. The van der Waals surface area contributed by atoms with Crippen molar-refractivity contribution in [2.75, 3.05) is 18.2 Å². The predicted molar refractivity (Wildman–Crippen MR) is 147 cm³/mol. The van der Waals surface area contributed by atoms with E-state index in [4.69, 9.17) is 9.47 Å². The number of carbonyl (C=O) groups excluding carboxylic acids is 5. The molecule has 0 bridgehead atoms. The van der Waals surface area contributed by atoms with E-state index >= 15 is 0 Å². The number of Topliss-reactive ketones (excluding diaryl/α,β-unsaturated/α-hetero) is 1. The lowest BCUT2D eigenvalue weighted by molar-refractivity contribution is -0.158. The molecular formula is C28H33N3O8S. The number of amides is 3. The molecule has 0 aromatic heterocycles. The van der Waals surface area contributed by atoms with Gasteiger partial charge in [-0.25, -0.2) is 9.59 Å². The van der Waals surface area contributed by atoms with Crippen LogP contribution in [-0.4, -0.2) is 82.1 Å². The van der Waals surface area contributed by atoms with Gasteiger partial charge in [0.25, 0.3) is 5.78 Å². The van der Waals surface area contributed by atoms with Gasteiger partial charge in [-0.3, -0.25) is 14.4 Å². The van der Waals surface area contributed by atoms with Gasteiger partial charge >= 0.3 is 12.1 Å². The molecule has 1 fully saturated rings. The summed E-state index contributed by atoms with van der Waals surface area (Å²) in [5.41, 5.74) is 1.46. The number of hydrogen-bond donors (Lipinski definition) is 3. The van der Waals surface area contributed by atoms with Crippen molar-refractivity contribution in [1.82, 2.24) is 15.5 Å². The Labute approximate surface area is 236 Å². The summed E-state index contributed by atoms with van der Waals surface area (Å²) in [5, 5.41) is 14.8. The molecule has 0 spiro atoms. The van der Waals surface area contributed by atoms with Gasteiger partial charge in [-0.05, 0) is 25.0 Å². The molecule has 11 nitrogen and oxygen atoms in total. The maximum absolute atomic E-state index is 13.3. The van der Waals surface area contributed by atoms with Gasteiger partial charge in [-0.1, -0.05) is 60.7 Å². The molecule has 214 valence electrons. The molecule has 12 heteroatoms. The molecule has 40 heavy (non-hydrogen) atoms. The number of carbonyl (C=O) groups is 5. The van der Waals surface area contributed by atoms with Crippen LogP contribution in [0.3, 0.4) is 0 Å². The fourth-order valence-corrected chi connectivity index (χ4v) is 5.08. The van der Waals surface area contributed by atoms with Gasteiger partial charge < -0.3 is 30.1 Å². The number of thioether (sulfide) groups is 1. The molecular weight excluding hydrogens is 538 g/mol. The first-order valence-corrected chi connectivity index (χ1v) is 13.9. The number of aliphatic hydroxyl groups is 1. The SMILES string of the molecule is CC(C)OC(=O)C(=O)[C@H](Cc1ccccc1)NC(=O)[C@@H]1CSCN1C(=O)[C@H](CO)NC(=O)OCc1ccccc1. The second-order valence-electron chi connectivity index (χ2n) is 9.33. The lowest BCUT2D eigenvalue weighted by Crippen LogP contribution is -2.57. The third-order valence-electron chi connectivity index (χ3n) is 5.91. The van der Waals surface area contributed by atoms with Crippen molar-refractivity contribution in [2.24, 2.45) is 0 Å². The quantitative estimate of drug-likeness (QED) is 0.254. The third-order valence-corrected chi connectivity index (χ3v) is 6.93.